The van der Waals surface area contributed by atoms with Crippen LogP contribution in [0.3, 0.4) is 0 Å². The molecule has 0 saturated heterocycles. The van der Waals surface area contributed by atoms with Crippen molar-refractivity contribution in [2.75, 3.05) is 25.9 Å². The SMILES string of the molecule is CN(CCOc1ccc(Cl)cc1)C(=O)CCc1ccccc1N.Cl. The van der Waals surface area contributed by atoms with Crippen molar-refractivity contribution in [2.45, 2.75) is 12.8 Å². The lowest BCUT2D eigenvalue weighted by atomic mass is 10.1. The molecule has 2 aromatic carbocycles. The average molecular weight is 369 g/mol. The van der Waals surface area contributed by atoms with Crippen LogP contribution in [-0.2, 0) is 11.2 Å². The summed E-state index contributed by atoms with van der Waals surface area (Å²) in [7, 11) is 1.78. The zero-order valence-electron chi connectivity index (χ0n) is 13.6. The Labute approximate surface area is 154 Å². The second-order valence-corrected chi connectivity index (χ2v) is 5.75. The molecule has 0 saturated carbocycles. The number of nitrogens with zero attached hydrogens (tertiary/aromatic N) is 1. The Morgan fingerprint density at radius 1 is 1.17 bits per heavy atom. The molecular weight excluding hydrogens is 347 g/mol. The second-order valence-electron chi connectivity index (χ2n) is 5.32. The van der Waals surface area contributed by atoms with E-state index in [0.29, 0.717) is 31.0 Å². The van der Waals surface area contributed by atoms with Gasteiger partial charge >= 0.3 is 0 Å². The van der Waals surface area contributed by atoms with Gasteiger partial charge < -0.3 is 15.4 Å². The van der Waals surface area contributed by atoms with Crippen molar-refractivity contribution >= 4 is 35.6 Å². The Hall–Kier alpha value is -1.91. The molecule has 0 aliphatic rings. The van der Waals surface area contributed by atoms with Gasteiger partial charge in [0.25, 0.3) is 0 Å². The van der Waals surface area contributed by atoms with Crippen LogP contribution in [-0.4, -0.2) is 31.0 Å². The summed E-state index contributed by atoms with van der Waals surface area (Å²) in [4.78, 5) is 13.8. The number of amides is 1. The van der Waals surface area contributed by atoms with Crippen molar-refractivity contribution < 1.29 is 9.53 Å². The Bertz CT molecular complexity index is 648. The summed E-state index contributed by atoms with van der Waals surface area (Å²) in [6.07, 6.45) is 1.08. The Morgan fingerprint density at radius 2 is 1.83 bits per heavy atom. The molecule has 4 nitrogen and oxygen atoms in total. The van der Waals surface area contributed by atoms with Crippen LogP contribution in [0.1, 0.15) is 12.0 Å². The van der Waals surface area contributed by atoms with E-state index in [2.05, 4.69) is 0 Å². The van der Waals surface area contributed by atoms with Gasteiger partial charge in [-0.3, -0.25) is 4.79 Å². The fourth-order valence-electron chi connectivity index (χ4n) is 2.15. The first-order chi connectivity index (χ1) is 11.1. The largest absolute Gasteiger partial charge is 0.492 e. The van der Waals surface area contributed by atoms with Crippen LogP contribution < -0.4 is 10.5 Å². The van der Waals surface area contributed by atoms with Gasteiger partial charge in [-0.25, -0.2) is 0 Å². The lowest BCUT2D eigenvalue weighted by Gasteiger charge is -2.17. The minimum Gasteiger partial charge on any atom is -0.492 e. The number of benzene rings is 2. The number of ether oxygens (including phenoxy) is 1. The van der Waals surface area contributed by atoms with Crippen LogP contribution in [0.2, 0.25) is 5.02 Å². The first-order valence-corrected chi connectivity index (χ1v) is 7.90. The molecule has 0 bridgehead atoms. The molecule has 1 amide bonds. The minimum atomic E-state index is 0. The van der Waals surface area contributed by atoms with E-state index >= 15 is 0 Å². The summed E-state index contributed by atoms with van der Waals surface area (Å²) in [6, 6.07) is 14.8. The average Bonchev–Trinajstić information content (AvgIpc) is 2.55. The van der Waals surface area contributed by atoms with Gasteiger partial charge in [0.05, 0.1) is 6.54 Å². The minimum absolute atomic E-state index is 0. The third-order valence-electron chi connectivity index (χ3n) is 3.60. The molecule has 2 rings (SSSR count). The van der Waals surface area contributed by atoms with Crippen molar-refractivity contribution in [1.82, 2.24) is 4.90 Å². The summed E-state index contributed by atoms with van der Waals surface area (Å²) in [5, 5.41) is 0.671. The standard InChI is InChI=1S/C18H21ClN2O2.ClH/c1-21(12-13-23-16-9-7-15(19)8-10-16)18(22)11-6-14-4-2-3-5-17(14)20;/h2-5,7-10H,6,11-13,20H2,1H3;1H. The number of halogens is 2. The molecule has 2 aromatic rings. The zero-order valence-corrected chi connectivity index (χ0v) is 15.1. The van der Waals surface area contributed by atoms with Crippen LogP contribution in [0.5, 0.6) is 5.75 Å². The van der Waals surface area contributed by atoms with E-state index in [1.165, 1.54) is 0 Å². The van der Waals surface area contributed by atoms with E-state index < -0.39 is 0 Å². The van der Waals surface area contributed by atoms with Gasteiger partial charge in [0, 0.05) is 24.2 Å². The molecule has 6 heteroatoms. The number of aryl methyl sites for hydroxylation is 1. The van der Waals surface area contributed by atoms with Crippen molar-refractivity contribution in [3.63, 3.8) is 0 Å². The first-order valence-electron chi connectivity index (χ1n) is 7.52. The highest BCUT2D eigenvalue weighted by Crippen LogP contribution is 2.15. The highest BCUT2D eigenvalue weighted by Gasteiger charge is 2.10. The fourth-order valence-corrected chi connectivity index (χ4v) is 2.28. The predicted octanol–water partition coefficient (Wildman–Crippen LogP) is 3.81. The highest BCUT2D eigenvalue weighted by molar-refractivity contribution is 6.30. The van der Waals surface area contributed by atoms with E-state index in [1.54, 1.807) is 24.1 Å². The summed E-state index contributed by atoms with van der Waals surface area (Å²) in [6.45, 7) is 0.975. The number of carbonyl (C=O) groups excluding carboxylic acids is 1. The van der Waals surface area contributed by atoms with Gasteiger partial charge in [0.2, 0.25) is 5.91 Å². The lowest BCUT2D eigenvalue weighted by Crippen LogP contribution is -2.31. The number of carbonyl (C=O) groups is 1. The lowest BCUT2D eigenvalue weighted by molar-refractivity contribution is -0.130. The van der Waals surface area contributed by atoms with Crippen LogP contribution >= 0.6 is 24.0 Å². The molecule has 0 aliphatic heterocycles. The van der Waals surface area contributed by atoms with E-state index in [4.69, 9.17) is 22.1 Å². The topological polar surface area (TPSA) is 55.6 Å². The molecule has 130 valence electrons. The first kappa shape index (κ1) is 20.1. The van der Waals surface area contributed by atoms with Gasteiger partial charge in [-0.15, -0.1) is 12.4 Å². The molecule has 24 heavy (non-hydrogen) atoms. The van der Waals surface area contributed by atoms with E-state index in [0.717, 1.165) is 17.0 Å². The quantitative estimate of drug-likeness (QED) is 0.755. The number of para-hydroxylation sites is 1. The molecule has 0 fully saturated rings. The Kier molecular flexibility index (Phi) is 8.44. The Balaban J connectivity index is 0.00000288. The normalized spacial score (nSPS) is 9.92. The number of hydrogen-bond acceptors (Lipinski definition) is 3. The van der Waals surface area contributed by atoms with Crippen LogP contribution in [0.15, 0.2) is 48.5 Å². The van der Waals surface area contributed by atoms with Gasteiger partial charge in [-0.2, -0.15) is 0 Å². The molecule has 0 unspecified atom stereocenters. The molecule has 0 atom stereocenters. The molecule has 0 spiro atoms. The van der Waals surface area contributed by atoms with Crippen LogP contribution in [0.4, 0.5) is 5.69 Å². The molecule has 0 heterocycles. The highest BCUT2D eigenvalue weighted by atomic mass is 35.5. The van der Waals surface area contributed by atoms with Crippen molar-refractivity contribution in [3.8, 4) is 5.75 Å². The molecule has 0 aliphatic carbocycles. The summed E-state index contributed by atoms with van der Waals surface area (Å²) >= 11 is 5.82. The van der Waals surface area contributed by atoms with Gasteiger partial charge in [-0.05, 0) is 42.3 Å². The van der Waals surface area contributed by atoms with E-state index in [9.17, 15) is 4.79 Å². The monoisotopic (exact) mass is 368 g/mol. The summed E-state index contributed by atoms with van der Waals surface area (Å²) in [5.41, 5.74) is 7.62. The maximum absolute atomic E-state index is 12.1. The Morgan fingerprint density at radius 3 is 2.50 bits per heavy atom. The van der Waals surface area contributed by atoms with E-state index in [-0.39, 0.29) is 18.3 Å². The maximum atomic E-state index is 12.1. The van der Waals surface area contributed by atoms with Crippen LogP contribution in [0, 0.1) is 0 Å². The second kappa shape index (κ2) is 10.1. The summed E-state index contributed by atoms with van der Waals surface area (Å²) in [5.74, 6) is 0.820. The van der Waals surface area contributed by atoms with Crippen molar-refractivity contribution in [3.05, 3.63) is 59.1 Å². The van der Waals surface area contributed by atoms with Crippen LogP contribution in [0.25, 0.3) is 0 Å². The van der Waals surface area contributed by atoms with Crippen molar-refractivity contribution in [2.24, 2.45) is 0 Å². The third-order valence-corrected chi connectivity index (χ3v) is 3.85. The van der Waals surface area contributed by atoms with Gasteiger partial charge in [0.15, 0.2) is 0 Å². The molecule has 0 radical (unpaired) electrons. The van der Waals surface area contributed by atoms with Crippen molar-refractivity contribution in [1.29, 1.82) is 0 Å². The van der Waals surface area contributed by atoms with Gasteiger partial charge in [0.1, 0.15) is 12.4 Å². The van der Waals surface area contributed by atoms with E-state index in [1.807, 2.05) is 36.4 Å². The molecular formula is C18H22Cl2N2O2. The number of hydrogen-bond donors (Lipinski definition) is 1. The van der Waals surface area contributed by atoms with Gasteiger partial charge in [-0.1, -0.05) is 29.8 Å². The smallest absolute Gasteiger partial charge is 0.222 e. The number of rotatable bonds is 7. The fraction of sp³-hybridized carbons (Fsp3) is 0.278. The number of nitrogen functional groups attached to an aromatic ring is 1. The molecule has 2 N–H and O–H groups in total. The zero-order chi connectivity index (χ0) is 16.7. The number of nitrogens with two attached hydrogens (primary N) is 1. The number of likely N-dealkylation sites (N-methyl/N-ethyl adjacent to an activating group) is 1. The number of anilines is 1. The maximum Gasteiger partial charge on any atom is 0.222 e. The predicted molar refractivity (Wildman–Crippen MR) is 101 cm³/mol. The summed E-state index contributed by atoms with van der Waals surface area (Å²) < 4.78 is 5.59. The third kappa shape index (κ3) is 6.30. The molecule has 0 aromatic heterocycles.